The third-order valence-electron chi connectivity index (χ3n) is 6.09. The lowest BCUT2D eigenvalue weighted by molar-refractivity contribution is -0.116. The van der Waals surface area contributed by atoms with Crippen molar-refractivity contribution in [1.82, 2.24) is 9.38 Å². The number of amides is 1. The highest BCUT2D eigenvalue weighted by Crippen LogP contribution is 2.28. The highest BCUT2D eigenvalue weighted by Gasteiger charge is 2.16. The average molecular weight is 478 g/mol. The number of aromatic nitrogens is 2. The number of nitrogens with zero attached hydrogens (tertiary/aromatic N) is 2. The molecular weight excluding hydrogens is 453 g/mol. The molecule has 1 N–H and O–H groups in total. The number of nitrogens with one attached hydrogen (secondary N) is 1. The minimum absolute atomic E-state index is 0.0259. The second kappa shape index (κ2) is 9.96. The molecule has 6 heteroatoms. The molecule has 3 aromatic carbocycles. The van der Waals surface area contributed by atoms with Crippen molar-refractivity contribution in [3.63, 3.8) is 0 Å². The first-order valence-electron chi connectivity index (χ1n) is 11.7. The van der Waals surface area contributed by atoms with Crippen LogP contribution in [0.4, 0.5) is 10.1 Å². The summed E-state index contributed by atoms with van der Waals surface area (Å²) < 4.78 is 15.5. The van der Waals surface area contributed by atoms with E-state index in [-0.39, 0.29) is 18.1 Å². The number of aryl methyl sites for hydroxylation is 1. The zero-order valence-corrected chi connectivity index (χ0v) is 19.7. The molecule has 0 aliphatic heterocycles. The number of benzene rings is 3. The molecule has 0 aliphatic rings. The number of anilines is 1. The standard InChI is InChI=1S/C30H24FN3O2/c1-20(35)21-10-12-22(13-11-21)24-14-16-28-33-30(23-6-3-2-4-7-23)27(34(28)19-24)15-17-29(36)32-26-9-5-8-25(31)18-26/h2-14,16,18-19H,15,17H2,1H3,(H,32,36). The van der Waals surface area contributed by atoms with Crippen molar-refractivity contribution in [1.29, 1.82) is 0 Å². The van der Waals surface area contributed by atoms with Crippen molar-refractivity contribution < 1.29 is 14.0 Å². The van der Waals surface area contributed by atoms with E-state index in [1.165, 1.54) is 12.1 Å². The Balaban J connectivity index is 1.49. The summed E-state index contributed by atoms with van der Waals surface area (Å²) in [5.74, 6) is -0.576. The molecule has 5 rings (SSSR count). The van der Waals surface area contributed by atoms with Crippen LogP contribution in [0.25, 0.3) is 28.0 Å². The van der Waals surface area contributed by atoms with Crippen LogP contribution in [-0.4, -0.2) is 21.1 Å². The number of hydrogen-bond acceptors (Lipinski definition) is 3. The van der Waals surface area contributed by atoms with Gasteiger partial charge in [-0.05, 0) is 54.8 Å². The zero-order valence-electron chi connectivity index (χ0n) is 19.7. The van der Waals surface area contributed by atoms with E-state index in [0.29, 0.717) is 17.7 Å². The molecule has 2 heterocycles. The monoisotopic (exact) mass is 477 g/mol. The predicted molar refractivity (Wildman–Crippen MR) is 139 cm³/mol. The van der Waals surface area contributed by atoms with Gasteiger partial charge < -0.3 is 9.72 Å². The average Bonchev–Trinajstić information content (AvgIpc) is 3.26. The molecule has 5 nitrogen and oxygen atoms in total. The Morgan fingerprint density at radius 2 is 1.61 bits per heavy atom. The summed E-state index contributed by atoms with van der Waals surface area (Å²) in [5.41, 5.74) is 6.52. The van der Waals surface area contributed by atoms with Crippen molar-refractivity contribution >= 4 is 23.0 Å². The predicted octanol–water partition coefficient (Wildman–Crippen LogP) is 6.58. The summed E-state index contributed by atoms with van der Waals surface area (Å²) in [6.45, 7) is 1.55. The molecule has 0 radical (unpaired) electrons. The van der Waals surface area contributed by atoms with Gasteiger partial charge in [0.2, 0.25) is 5.91 Å². The van der Waals surface area contributed by atoms with Gasteiger partial charge in [-0.15, -0.1) is 0 Å². The summed E-state index contributed by atoms with van der Waals surface area (Å²) in [6, 6.07) is 27.2. The lowest BCUT2D eigenvalue weighted by Gasteiger charge is -2.09. The lowest BCUT2D eigenvalue weighted by Crippen LogP contribution is -2.13. The first-order valence-corrected chi connectivity index (χ1v) is 11.7. The Morgan fingerprint density at radius 1 is 0.861 bits per heavy atom. The maximum absolute atomic E-state index is 13.5. The first kappa shape index (κ1) is 23.2. The molecule has 0 unspecified atom stereocenters. The van der Waals surface area contributed by atoms with E-state index in [9.17, 15) is 14.0 Å². The van der Waals surface area contributed by atoms with Crippen LogP contribution in [0.2, 0.25) is 0 Å². The highest BCUT2D eigenvalue weighted by atomic mass is 19.1. The molecule has 0 fully saturated rings. The van der Waals surface area contributed by atoms with Gasteiger partial charge in [-0.1, -0.05) is 60.7 Å². The van der Waals surface area contributed by atoms with Gasteiger partial charge in [-0.2, -0.15) is 0 Å². The minimum atomic E-state index is -0.398. The molecule has 5 aromatic rings. The van der Waals surface area contributed by atoms with Crippen molar-refractivity contribution in [3.8, 4) is 22.4 Å². The second-order valence-electron chi connectivity index (χ2n) is 8.61. The maximum atomic E-state index is 13.5. The summed E-state index contributed by atoms with van der Waals surface area (Å²) in [6.07, 6.45) is 2.66. The topological polar surface area (TPSA) is 63.5 Å². The van der Waals surface area contributed by atoms with Crippen LogP contribution >= 0.6 is 0 Å². The number of Topliss-reactive ketones (excluding diaryl/α,β-unsaturated/α-hetero) is 1. The Hall–Kier alpha value is -4.58. The molecule has 36 heavy (non-hydrogen) atoms. The summed E-state index contributed by atoms with van der Waals surface area (Å²) in [4.78, 5) is 29.2. The van der Waals surface area contributed by atoms with Gasteiger partial charge in [0.25, 0.3) is 0 Å². The number of ketones is 1. The van der Waals surface area contributed by atoms with Crippen LogP contribution in [-0.2, 0) is 11.2 Å². The fourth-order valence-corrected chi connectivity index (χ4v) is 4.25. The Labute approximate surface area is 208 Å². The van der Waals surface area contributed by atoms with E-state index < -0.39 is 5.82 Å². The molecular formula is C30H24FN3O2. The minimum Gasteiger partial charge on any atom is -0.326 e. The third kappa shape index (κ3) is 4.93. The van der Waals surface area contributed by atoms with E-state index in [2.05, 4.69) is 5.32 Å². The molecule has 0 saturated carbocycles. The smallest absolute Gasteiger partial charge is 0.224 e. The molecule has 2 aromatic heterocycles. The molecule has 0 atom stereocenters. The number of halogens is 1. The van der Waals surface area contributed by atoms with Gasteiger partial charge in [-0.25, -0.2) is 9.37 Å². The van der Waals surface area contributed by atoms with Crippen LogP contribution < -0.4 is 5.32 Å². The summed E-state index contributed by atoms with van der Waals surface area (Å²) in [5, 5.41) is 2.77. The fraction of sp³-hybridized carbons (Fsp3) is 0.100. The summed E-state index contributed by atoms with van der Waals surface area (Å²) >= 11 is 0. The van der Waals surface area contributed by atoms with Crippen molar-refractivity contribution in [2.75, 3.05) is 5.32 Å². The number of fused-ring (bicyclic) bond motifs is 1. The highest BCUT2D eigenvalue weighted by molar-refractivity contribution is 5.94. The molecule has 0 bridgehead atoms. The Kier molecular flexibility index (Phi) is 6.41. The maximum Gasteiger partial charge on any atom is 0.224 e. The van der Waals surface area contributed by atoms with Gasteiger partial charge >= 0.3 is 0 Å². The van der Waals surface area contributed by atoms with Crippen LogP contribution in [0.3, 0.4) is 0 Å². The normalized spacial score (nSPS) is 10.9. The molecule has 1 amide bonds. The van der Waals surface area contributed by atoms with E-state index in [1.54, 1.807) is 19.1 Å². The van der Waals surface area contributed by atoms with E-state index in [4.69, 9.17) is 4.98 Å². The van der Waals surface area contributed by atoms with Crippen LogP contribution in [0.15, 0.2) is 97.2 Å². The van der Waals surface area contributed by atoms with Gasteiger partial charge in [0.1, 0.15) is 11.5 Å². The van der Waals surface area contributed by atoms with Gasteiger partial charge in [-0.3, -0.25) is 9.59 Å². The Bertz CT molecular complexity index is 1560. The zero-order chi connectivity index (χ0) is 25.1. The number of hydrogen-bond donors (Lipinski definition) is 1. The SMILES string of the molecule is CC(=O)c1ccc(-c2ccc3nc(-c4ccccc4)c(CCC(=O)Nc4cccc(F)c4)n3c2)cc1. The van der Waals surface area contributed by atoms with Crippen molar-refractivity contribution in [3.05, 3.63) is 114 Å². The van der Waals surface area contributed by atoms with Gasteiger partial charge in [0, 0.05) is 29.4 Å². The van der Waals surface area contributed by atoms with Crippen LogP contribution in [0.1, 0.15) is 29.4 Å². The number of rotatable bonds is 7. The van der Waals surface area contributed by atoms with E-state index in [0.717, 1.165) is 33.7 Å². The van der Waals surface area contributed by atoms with Crippen LogP contribution in [0, 0.1) is 5.82 Å². The van der Waals surface area contributed by atoms with Crippen molar-refractivity contribution in [2.45, 2.75) is 19.8 Å². The quantitative estimate of drug-likeness (QED) is 0.269. The number of pyridine rings is 1. The largest absolute Gasteiger partial charge is 0.326 e. The third-order valence-corrected chi connectivity index (χ3v) is 6.09. The van der Waals surface area contributed by atoms with Crippen LogP contribution in [0.5, 0.6) is 0 Å². The molecule has 0 saturated heterocycles. The number of carbonyl (C=O) groups is 2. The summed E-state index contributed by atoms with van der Waals surface area (Å²) in [7, 11) is 0. The number of carbonyl (C=O) groups excluding carboxylic acids is 2. The fourth-order valence-electron chi connectivity index (χ4n) is 4.25. The first-order chi connectivity index (χ1) is 17.5. The lowest BCUT2D eigenvalue weighted by atomic mass is 10.0. The molecule has 0 spiro atoms. The van der Waals surface area contributed by atoms with Crippen molar-refractivity contribution in [2.24, 2.45) is 0 Å². The molecule has 178 valence electrons. The molecule has 0 aliphatic carbocycles. The Morgan fingerprint density at radius 3 is 2.33 bits per heavy atom. The van der Waals surface area contributed by atoms with Gasteiger partial charge in [0.05, 0.1) is 11.4 Å². The van der Waals surface area contributed by atoms with E-state index in [1.807, 2.05) is 77.3 Å². The number of imidazole rings is 1. The van der Waals surface area contributed by atoms with Gasteiger partial charge in [0.15, 0.2) is 5.78 Å². The van der Waals surface area contributed by atoms with E-state index >= 15 is 0 Å². The second-order valence-corrected chi connectivity index (χ2v) is 8.61.